The normalized spacial score (nSPS) is 25.0. The quantitative estimate of drug-likeness (QED) is 0.760. The van der Waals surface area contributed by atoms with E-state index in [9.17, 15) is 17.2 Å². The van der Waals surface area contributed by atoms with Crippen LogP contribution in [0.25, 0.3) is 0 Å². The Kier molecular flexibility index (Phi) is 4.12. The van der Waals surface area contributed by atoms with E-state index in [-0.39, 0.29) is 4.90 Å². The molecule has 0 unspecified atom stereocenters. The maximum atomic E-state index is 13.1. The number of aryl methyl sites for hydroxylation is 1. The van der Waals surface area contributed by atoms with Gasteiger partial charge in [0.15, 0.2) is 0 Å². The van der Waals surface area contributed by atoms with Crippen LogP contribution in [0.1, 0.15) is 33.3 Å². The summed E-state index contributed by atoms with van der Waals surface area (Å²) in [5.41, 5.74) is 0.141. The van der Waals surface area contributed by atoms with E-state index in [1.54, 1.807) is 13.0 Å². The minimum Gasteiger partial charge on any atom is -0.399 e. The Labute approximate surface area is 147 Å². The zero-order chi connectivity index (χ0) is 18.8. The van der Waals surface area contributed by atoms with E-state index in [1.165, 1.54) is 12.1 Å². The number of rotatable bonds is 3. The molecule has 1 aromatic carbocycles. The van der Waals surface area contributed by atoms with Crippen LogP contribution in [0.2, 0.25) is 0 Å². The molecule has 3 rings (SSSR count). The third kappa shape index (κ3) is 3.23. The van der Waals surface area contributed by atoms with E-state index in [2.05, 4.69) is 0 Å². The minimum absolute atomic E-state index is 0.0206. The Bertz CT molecular complexity index is 786. The average molecular weight is 373 g/mol. The number of benzene rings is 1. The Morgan fingerprint density at radius 1 is 1.04 bits per heavy atom. The third-order valence-corrected chi connectivity index (χ3v) is 6.82. The Morgan fingerprint density at radius 2 is 1.56 bits per heavy atom. The van der Waals surface area contributed by atoms with Crippen molar-refractivity contribution < 1.29 is 26.5 Å². The van der Waals surface area contributed by atoms with Crippen molar-refractivity contribution in [1.82, 2.24) is 4.31 Å². The first kappa shape index (κ1) is 18.8. The van der Waals surface area contributed by atoms with Crippen molar-refractivity contribution in [2.24, 2.45) is 0 Å². The molecular formula is C16H22BF2NO4S. The standard InChI is InChI=1S/C16H22BF2NO4S/c1-11-6-12(17-23-14(2,3)15(4,5)24-17)8-13(7-11)25(21,22)20-9-16(18,19)10-20/h6-8H,9-10H2,1-5H3. The van der Waals surface area contributed by atoms with Crippen molar-refractivity contribution in [2.45, 2.75) is 56.6 Å². The summed E-state index contributed by atoms with van der Waals surface area (Å²) in [5, 5.41) is 0. The number of hydrogen-bond donors (Lipinski definition) is 0. The second-order valence-corrected chi connectivity index (χ2v) is 9.73. The van der Waals surface area contributed by atoms with Gasteiger partial charge in [-0.2, -0.15) is 4.31 Å². The van der Waals surface area contributed by atoms with Gasteiger partial charge >= 0.3 is 7.12 Å². The van der Waals surface area contributed by atoms with Crippen molar-refractivity contribution in [3.05, 3.63) is 23.8 Å². The first-order chi connectivity index (χ1) is 11.2. The highest BCUT2D eigenvalue weighted by atomic mass is 32.2. The summed E-state index contributed by atoms with van der Waals surface area (Å²) in [6.07, 6.45) is 0. The molecule has 0 spiro atoms. The lowest BCUT2D eigenvalue weighted by molar-refractivity contribution is -0.0945. The summed E-state index contributed by atoms with van der Waals surface area (Å²) < 4.78 is 64.0. The van der Waals surface area contributed by atoms with Crippen LogP contribution in [0.3, 0.4) is 0 Å². The zero-order valence-electron chi connectivity index (χ0n) is 15.0. The minimum atomic E-state index is -3.96. The first-order valence-electron chi connectivity index (χ1n) is 8.09. The molecule has 0 N–H and O–H groups in total. The van der Waals surface area contributed by atoms with Gasteiger partial charge in [0.1, 0.15) is 0 Å². The highest BCUT2D eigenvalue weighted by Gasteiger charge is 2.53. The van der Waals surface area contributed by atoms with Gasteiger partial charge in [-0.3, -0.25) is 0 Å². The van der Waals surface area contributed by atoms with Gasteiger partial charge in [0.2, 0.25) is 10.0 Å². The Morgan fingerprint density at radius 3 is 2.04 bits per heavy atom. The lowest BCUT2D eigenvalue weighted by Gasteiger charge is -2.37. The molecule has 0 bridgehead atoms. The van der Waals surface area contributed by atoms with Crippen molar-refractivity contribution in [3.8, 4) is 0 Å². The van der Waals surface area contributed by atoms with Crippen LogP contribution < -0.4 is 5.46 Å². The van der Waals surface area contributed by atoms with E-state index in [4.69, 9.17) is 9.31 Å². The van der Waals surface area contributed by atoms with Crippen LogP contribution in [0.15, 0.2) is 23.1 Å². The summed E-state index contributed by atoms with van der Waals surface area (Å²) in [6, 6.07) is 4.70. The van der Waals surface area contributed by atoms with Gasteiger partial charge in [0.25, 0.3) is 5.92 Å². The van der Waals surface area contributed by atoms with Gasteiger partial charge in [0, 0.05) is 0 Å². The first-order valence-corrected chi connectivity index (χ1v) is 9.53. The fraction of sp³-hybridized carbons (Fsp3) is 0.625. The third-order valence-electron chi connectivity index (χ3n) is 5.05. The predicted octanol–water partition coefficient (Wildman–Crippen LogP) is 1.93. The van der Waals surface area contributed by atoms with Crippen molar-refractivity contribution in [1.29, 1.82) is 0 Å². The molecule has 0 aliphatic carbocycles. The molecule has 0 atom stereocenters. The van der Waals surface area contributed by atoms with E-state index >= 15 is 0 Å². The van der Waals surface area contributed by atoms with Crippen LogP contribution in [0, 0.1) is 6.92 Å². The summed E-state index contributed by atoms with van der Waals surface area (Å²) in [5.74, 6) is -2.95. The second-order valence-electron chi connectivity index (χ2n) is 7.80. The van der Waals surface area contributed by atoms with Gasteiger partial charge in [0.05, 0.1) is 29.2 Å². The average Bonchev–Trinajstić information content (AvgIpc) is 2.64. The molecule has 5 nitrogen and oxygen atoms in total. The number of sulfonamides is 1. The van der Waals surface area contributed by atoms with Crippen LogP contribution in [-0.2, 0) is 19.3 Å². The van der Waals surface area contributed by atoms with Crippen LogP contribution in [0.5, 0.6) is 0 Å². The van der Waals surface area contributed by atoms with Gasteiger partial charge in [-0.05, 0) is 52.2 Å². The molecule has 0 amide bonds. The summed E-state index contributed by atoms with van der Waals surface area (Å²) in [4.78, 5) is -0.0206. The topological polar surface area (TPSA) is 55.8 Å². The maximum absolute atomic E-state index is 13.1. The lowest BCUT2D eigenvalue weighted by Crippen LogP contribution is -2.58. The number of halogens is 2. The number of alkyl halides is 2. The van der Waals surface area contributed by atoms with Gasteiger partial charge in [-0.1, -0.05) is 11.6 Å². The largest absolute Gasteiger partial charge is 0.494 e. The molecule has 2 aliphatic rings. The monoisotopic (exact) mass is 373 g/mol. The van der Waals surface area contributed by atoms with Gasteiger partial charge < -0.3 is 9.31 Å². The molecule has 2 saturated heterocycles. The molecule has 2 fully saturated rings. The van der Waals surface area contributed by atoms with E-state index < -0.39 is 47.4 Å². The maximum Gasteiger partial charge on any atom is 0.494 e. The smallest absolute Gasteiger partial charge is 0.399 e. The molecule has 138 valence electrons. The van der Waals surface area contributed by atoms with Crippen molar-refractivity contribution in [2.75, 3.05) is 13.1 Å². The van der Waals surface area contributed by atoms with Crippen molar-refractivity contribution >= 4 is 22.6 Å². The molecule has 0 saturated carbocycles. The molecule has 1 aromatic rings. The van der Waals surface area contributed by atoms with Crippen LogP contribution in [0.4, 0.5) is 8.78 Å². The number of hydrogen-bond acceptors (Lipinski definition) is 4. The molecule has 9 heteroatoms. The van der Waals surface area contributed by atoms with Crippen LogP contribution in [-0.4, -0.2) is 50.1 Å². The summed E-state index contributed by atoms with van der Waals surface area (Å²) in [7, 11) is -4.67. The molecular weight excluding hydrogens is 351 g/mol. The SMILES string of the molecule is Cc1cc(B2OC(C)(C)C(C)(C)O2)cc(S(=O)(=O)N2CC(F)(F)C2)c1. The predicted molar refractivity (Wildman–Crippen MR) is 90.6 cm³/mol. The summed E-state index contributed by atoms with van der Waals surface area (Å²) >= 11 is 0. The lowest BCUT2D eigenvalue weighted by atomic mass is 9.78. The highest BCUT2D eigenvalue weighted by molar-refractivity contribution is 7.89. The number of nitrogens with zero attached hydrogens (tertiary/aromatic N) is 1. The van der Waals surface area contributed by atoms with Gasteiger partial charge in [-0.25, -0.2) is 17.2 Å². The Balaban J connectivity index is 1.92. The Hall–Kier alpha value is -1.03. The summed E-state index contributed by atoms with van der Waals surface area (Å²) in [6.45, 7) is 7.80. The molecule has 25 heavy (non-hydrogen) atoms. The molecule has 0 radical (unpaired) electrons. The van der Waals surface area contributed by atoms with E-state index in [1.807, 2.05) is 27.7 Å². The van der Waals surface area contributed by atoms with Crippen LogP contribution >= 0.6 is 0 Å². The second kappa shape index (κ2) is 5.48. The van der Waals surface area contributed by atoms with E-state index in [0.717, 1.165) is 4.31 Å². The fourth-order valence-corrected chi connectivity index (χ4v) is 4.47. The zero-order valence-corrected chi connectivity index (χ0v) is 15.8. The molecule has 0 aromatic heterocycles. The van der Waals surface area contributed by atoms with Gasteiger partial charge in [-0.15, -0.1) is 0 Å². The van der Waals surface area contributed by atoms with E-state index in [0.29, 0.717) is 11.0 Å². The van der Waals surface area contributed by atoms with Crippen molar-refractivity contribution in [3.63, 3.8) is 0 Å². The fourth-order valence-electron chi connectivity index (χ4n) is 2.83. The highest BCUT2D eigenvalue weighted by Crippen LogP contribution is 2.37. The molecule has 2 aliphatic heterocycles. The molecule has 2 heterocycles.